The second kappa shape index (κ2) is 5.51. The van der Waals surface area contributed by atoms with Crippen molar-refractivity contribution in [1.29, 1.82) is 0 Å². The zero-order chi connectivity index (χ0) is 13.8. The van der Waals surface area contributed by atoms with Crippen LogP contribution in [0.2, 0.25) is 0 Å². The molecule has 0 atom stereocenters. The van der Waals surface area contributed by atoms with Crippen LogP contribution in [0.25, 0.3) is 0 Å². The van der Waals surface area contributed by atoms with E-state index in [-0.39, 0.29) is 11.6 Å². The van der Waals surface area contributed by atoms with Crippen molar-refractivity contribution in [3.63, 3.8) is 0 Å². The molecule has 0 aliphatic carbocycles. The van der Waals surface area contributed by atoms with Gasteiger partial charge in [-0.15, -0.1) is 0 Å². The number of anilines is 1. The second-order valence-electron chi connectivity index (χ2n) is 4.50. The molecule has 0 spiro atoms. The normalized spacial score (nSPS) is 10.7. The van der Waals surface area contributed by atoms with Crippen molar-refractivity contribution in [3.05, 3.63) is 57.0 Å². The monoisotopic (exact) mass is 260 g/mol. The highest BCUT2D eigenvalue weighted by molar-refractivity contribution is 5.33. The summed E-state index contributed by atoms with van der Waals surface area (Å²) in [5.41, 5.74) is 0.250. The van der Waals surface area contributed by atoms with Crippen molar-refractivity contribution in [3.8, 4) is 0 Å². The third kappa shape index (κ3) is 3.09. The number of rotatable bonds is 4. The molecule has 0 amide bonds. The van der Waals surface area contributed by atoms with E-state index >= 15 is 0 Å². The number of hydrogen-bond donors (Lipinski definition) is 2. The number of aromatic amines is 1. The van der Waals surface area contributed by atoms with Crippen molar-refractivity contribution in [2.24, 2.45) is 0 Å². The van der Waals surface area contributed by atoms with Gasteiger partial charge in [0.15, 0.2) is 0 Å². The van der Waals surface area contributed by atoms with Crippen LogP contribution >= 0.6 is 0 Å². The second-order valence-corrected chi connectivity index (χ2v) is 4.50. The zero-order valence-corrected chi connectivity index (χ0v) is 10.9. The highest BCUT2D eigenvalue weighted by Gasteiger charge is 2.07. The molecule has 0 saturated carbocycles. The van der Waals surface area contributed by atoms with Gasteiger partial charge in [0.2, 0.25) is 0 Å². The molecule has 0 aromatic carbocycles. The molecule has 2 heterocycles. The Hall–Kier alpha value is -2.37. The molecule has 0 fully saturated rings. The minimum Gasteiger partial charge on any atom is -0.367 e. The van der Waals surface area contributed by atoms with Crippen molar-refractivity contribution >= 4 is 5.82 Å². The van der Waals surface area contributed by atoms with E-state index in [1.807, 2.05) is 12.1 Å². The molecule has 19 heavy (non-hydrogen) atoms. The molecular weight excluding hydrogens is 244 g/mol. The van der Waals surface area contributed by atoms with Crippen LogP contribution in [0.3, 0.4) is 0 Å². The van der Waals surface area contributed by atoms with E-state index < -0.39 is 5.69 Å². The van der Waals surface area contributed by atoms with Crippen molar-refractivity contribution in [2.75, 3.05) is 5.32 Å². The first-order valence-electron chi connectivity index (χ1n) is 6.06. The van der Waals surface area contributed by atoms with E-state index in [2.05, 4.69) is 15.3 Å². The number of pyridine rings is 1. The highest BCUT2D eigenvalue weighted by Crippen LogP contribution is 2.02. The van der Waals surface area contributed by atoms with E-state index in [0.717, 1.165) is 5.56 Å². The quantitative estimate of drug-likeness (QED) is 0.863. The van der Waals surface area contributed by atoms with Crippen LogP contribution in [0.4, 0.5) is 5.82 Å². The number of aromatic nitrogens is 3. The van der Waals surface area contributed by atoms with Crippen LogP contribution in [-0.4, -0.2) is 14.5 Å². The van der Waals surface area contributed by atoms with Crippen LogP contribution in [0.15, 0.2) is 40.2 Å². The first-order valence-corrected chi connectivity index (χ1v) is 6.06. The maximum absolute atomic E-state index is 11.8. The molecule has 0 unspecified atom stereocenters. The van der Waals surface area contributed by atoms with Gasteiger partial charge in [-0.1, -0.05) is 6.07 Å². The summed E-state index contributed by atoms with van der Waals surface area (Å²) in [6.07, 6.45) is 3.41. The van der Waals surface area contributed by atoms with Gasteiger partial charge in [-0.05, 0) is 25.5 Å². The lowest BCUT2D eigenvalue weighted by Gasteiger charge is -2.10. The summed E-state index contributed by atoms with van der Waals surface area (Å²) in [6, 6.07) is 4.96. The van der Waals surface area contributed by atoms with Gasteiger partial charge in [0, 0.05) is 31.0 Å². The number of nitrogens with one attached hydrogen (secondary N) is 2. The molecule has 2 rings (SSSR count). The fourth-order valence-electron chi connectivity index (χ4n) is 1.79. The molecule has 0 bridgehead atoms. The van der Waals surface area contributed by atoms with E-state index in [1.54, 1.807) is 26.2 Å². The predicted molar refractivity (Wildman–Crippen MR) is 73.3 cm³/mol. The van der Waals surface area contributed by atoms with Crippen molar-refractivity contribution in [2.45, 2.75) is 26.4 Å². The summed E-state index contributed by atoms with van der Waals surface area (Å²) in [6.45, 7) is 4.08. The Labute approximate surface area is 110 Å². The molecular formula is C13H16N4O2. The van der Waals surface area contributed by atoms with Crippen LogP contribution in [0.1, 0.15) is 25.5 Å². The standard InChI is InChI=1S/C13H16N4O2/c1-9(2)17-12(18)6-11(16-13(17)19)15-8-10-4-3-5-14-7-10/h3-7,9,15H,8H2,1-2H3,(H,16,19). The largest absolute Gasteiger partial charge is 0.367 e. The molecule has 6 nitrogen and oxygen atoms in total. The summed E-state index contributed by atoms with van der Waals surface area (Å²) in [7, 11) is 0. The first kappa shape index (κ1) is 13.1. The van der Waals surface area contributed by atoms with Crippen LogP contribution in [0, 0.1) is 0 Å². The SMILES string of the molecule is CC(C)n1c(=O)cc(NCc2cccnc2)[nH]c1=O. The van der Waals surface area contributed by atoms with E-state index in [4.69, 9.17) is 0 Å². The average Bonchev–Trinajstić information content (AvgIpc) is 2.36. The van der Waals surface area contributed by atoms with Gasteiger partial charge in [-0.25, -0.2) is 4.79 Å². The number of nitrogens with zero attached hydrogens (tertiary/aromatic N) is 2. The van der Waals surface area contributed by atoms with Gasteiger partial charge < -0.3 is 5.32 Å². The van der Waals surface area contributed by atoms with E-state index in [9.17, 15) is 9.59 Å². The molecule has 2 aromatic rings. The Bertz CT molecular complexity index is 627. The average molecular weight is 260 g/mol. The van der Waals surface area contributed by atoms with Crippen LogP contribution in [0.5, 0.6) is 0 Å². The lowest BCUT2D eigenvalue weighted by Crippen LogP contribution is -2.36. The third-order valence-corrected chi connectivity index (χ3v) is 2.69. The van der Waals surface area contributed by atoms with Crippen LogP contribution in [-0.2, 0) is 6.54 Å². The van der Waals surface area contributed by atoms with Gasteiger partial charge in [0.05, 0.1) is 0 Å². The Morgan fingerprint density at radius 3 is 2.79 bits per heavy atom. The third-order valence-electron chi connectivity index (χ3n) is 2.69. The summed E-state index contributed by atoms with van der Waals surface area (Å²) in [5.74, 6) is 0.413. The Morgan fingerprint density at radius 1 is 1.42 bits per heavy atom. The van der Waals surface area contributed by atoms with E-state index in [1.165, 1.54) is 10.6 Å². The number of hydrogen-bond acceptors (Lipinski definition) is 4. The molecule has 0 aliphatic rings. The zero-order valence-electron chi connectivity index (χ0n) is 10.9. The summed E-state index contributed by atoms with van der Waals surface area (Å²) in [4.78, 5) is 30.2. The molecule has 0 aliphatic heterocycles. The topological polar surface area (TPSA) is 79.8 Å². The maximum atomic E-state index is 11.8. The molecule has 100 valence electrons. The lowest BCUT2D eigenvalue weighted by atomic mass is 10.3. The molecule has 2 aromatic heterocycles. The molecule has 2 N–H and O–H groups in total. The van der Waals surface area contributed by atoms with Crippen molar-refractivity contribution in [1.82, 2.24) is 14.5 Å². The lowest BCUT2D eigenvalue weighted by molar-refractivity contribution is 0.546. The van der Waals surface area contributed by atoms with E-state index in [0.29, 0.717) is 12.4 Å². The van der Waals surface area contributed by atoms with Crippen molar-refractivity contribution < 1.29 is 0 Å². The Morgan fingerprint density at radius 2 is 2.21 bits per heavy atom. The fraction of sp³-hybridized carbons (Fsp3) is 0.308. The van der Waals surface area contributed by atoms with Gasteiger partial charge in [-0.2, -0.15) is 0 Å². The maximum Gasteiger partial charge on any atom is 0.330 e. The number of H-pyrrole nitrogens is 1. The van der Waals surface area contributed by atoms with Gasteiger partial charge >= 0.3 is 5.69 Å². The molecule has 0 saturated heterocycles. The fourth-order valence-corrected chi connectivity index (χ4v) is 1.79. The van der Waals surface area contributed by atoms with Gasteiger partial charge in [0.1, 0.15) is 5.82 Å². The minimum atomic E-state index is -0.406. The predicted octanol–water partition coefficient (Wildman–Crippen LogP) is 1.12. The molecule has 0 radical (unpaired) electrons. The summed E-state index contributed by atoms with van der Waals surface area (Å²) >= 11 is 0. The van der Waals surface area contributed by atoms with Gasteiger partial charge in [-0.3, -0.25) is 19.3 Å². The van der Waals surface area contributed by atoms with Crippen LogP contribution < -0.4 is 16.6 Å². The Balaban J connectivity index is 2.19. The summed E-state index contributed by atoms with van der Waals surface area (Å²) in [5, 5.41) is 3.00. The smallest absolute Gasteiger partial charge is 0.330 e. The van der Waals surface area contributed by atoms with Gasteiger partial charge in [0.25, 0.3) is 5.56 Å². The summed E-state index contributed by atoms with van der Waals surface area (Å²) < 4.78 is 1.18. The Kier molecular flexibility index (Phi) is 3.79. The highest BCUT2D eigenvalue weighted by atomic mass is 16.2. The first-order chi connectivity index (χ1) is 9.08. The molecule has 6 heteroatoms. The minimum absolute atomic E-state index is 0.163.